The van der Waals surface area contributed by atoms with Gasteiger partial charge < -0.3 is 10.5 Å². The van der Waals surface area contributed by atoms with Crippen molar-refractivity contribution in [2.45, 2.75) is 13.3 Å². The Labute approximate surface area is 108 Å². The molecule has 2 aromatic rings. The molecule has 0 saturated heterocycles. The third-order valence-corrected chi connectivity index (χ3v) is 2.59. The summed E-state index contributed by atoms with van der Waals surface area (Å²) in [4.78, 5) is 0. The van der Waals surface area contributed by atoms with Crippen LogP contribution in [0.2, 0.25) is 0 Å². The van der Waals surface area contributed by atoms with Crippen molar-refractivity contribution in [2.24, 2.45) is 0 Å². The van der Waals surface area contributed by atoms with Crippen LogP contribution in [0.15, 0.2) is 42.5 Å². The molecule has 19 heavy (non-hydrogen) atoms. The zero-order valence-electron chi connectivity index (χ0n) is 10.2. The van der Waals surface area contributed by atoms with Crippen LogP contribution in [0.3, 0.4) is 0 Å². The molecule has 0 aliphatic heterocycles. The van der Waals surface area contributed by atoms with Crippen molar-refractivity contribution in [1.82, 2.24) is 0 Å². The molecule has 0 bridgehead atoms. The molecule has 0 heterocycles. The molecule has 0 aromatic heterocycles. The third-order valence-electron chi connectivity index (χ3n) is 2.59. The number of benzene rings is 2. The van der Waals surface area contributed by atoms with E-state index in [4.69, 9.17) is 5.73 Å². The van der Waals surface area contributed by atoms with Crippen LogP contribution in [-0.4, -0.2) is 6.36 Å². The Balaban J connectivity index is 2.40. The summed E-state index contributed by atoms with van der Waals surface area (Å²) >= 11 is 0. The molecule has 0 atom stereocenters. The lowest BCUT2D eigenvalue weighted by molar-refractivity contribution is -0.274. The number of aryl methyl sites for hydroxylation is 1. The summed E-state index contributed by atoms with van der Waals surface area (Å²) in [6.07, 6.45) is -4.70. The number of rotatable bonds is 2. The van der Waals surface area contributed by atoms with Gasteiger partial charge in [-0.25, -0.2) is 0 Å². The number of ether oxygens (including phenoxy) is 1. The van der Waals surface area contributed by atoms with Gasteiger partial charge in [0.15, 0.2) is 0 Å². The van der Waals surface area contributed by atoms with Gasteiger partial charge in [-0.05, 0) is 36.8 Å². The van der Waals surface area contributed by atoms with E-state index in [2.05, 4.69) is 4.74 Å². The summed E-state index contributed by atoms with van der Waals surface area (Å²) < 4.78 is 40.4. The normalized spacial score (nSPS) is 11.4. The van der Waals surface area contributed by atoms with Gasteiger partial charge in [0.2, 0.25) is 0 Å². The van der Waals surface area contributed by atoms with E-state index in [1.165, 1.54) is 18.2 Å². The van der Waals surface area contributed by atoms with Gasteiger partial charge in [0, 0.05) is 11.3 Å². The zero-order chi connectivity index (χ0) is 14.0. The molecule has 0 aliphatic rings. The zero-order valence-corrected chi connectivity index (χ0v) is 10.2. The predicted molar refractivity (Wildman–Crippen MR) is 67.7 cm³/mol. The van der Waals surface area contributed by atoms with Gasteiger partial charge in [-0.1, -0.05) is 23.8 Å². The fraction of sp³-hybridized carbons (Fsp3) is 0.143. The topological polar surface area (TPSA) is 35.2 Å². The van der Waals surface area contributed by atoms with Crippen molar-refractivity contribution in [2.75, 3.05) is 5.73 Å². The quantitative estimate of drug-likeness (QED) is 0.830. The summed E-state index contributed by atoms with van der Waals surface area (Å²) in [5, 5.41) is 0. The van der Waals surface area contributed by atoms with Gasteiger partial charge in [0.05, 0.1) is 0 Å². The number of nitrogen functional groups attached to an aromatic ring is 1. The van der Waals surface area contributed by atoms with Gasteiger partial charge in [-0.2, -0.15) is 0 Å². The van der Waals surface area contributed by atoms with E-state index in [9.17, 15) is 13.2 Å². The Kier molecular flexibility index (Phi) is 3.38. The number of halogens is 3. The van der Waals surface area contributed by atoms with E-state index in [0.717, 1.165) is 5.56 Å². The number of nitrogens with two attached hydrogens (primary N) is 1. The first kappa shape index (κ1) is 13.3. The average Bonchev–Trinajstić information content (AvgIpc) is 2.30. The highest BCUT2D eigenvalue weighted by Gasteiger charge is 2.31. The molecular weight excluding hydrogens is 255 g/mol. The molecule has 0 aliphatic carbocycles. The molecule has 0 amide bonds. The Bertz CT molecular complexity index is 593. The maximum absolute atomic E-state index is 12.2. The first-order valence-corrected chi connectivity index (χ1v) is 5.57. The van der Waals surface area contributed by atoms with Gasteiger partial charge in [0.1, 0.15) is 5.75 Å². The summed E-state index contributed by atoms with van der Waals surface area (Å²) in [7, 11) is 0. The minimum atomic E-state index is -4.70. The first-order valence-electron chi connectivity index (χ1n) is 5.57. The minimum absolute atomic E-state index is 0.258. The second-order valence-electron chi connectivity index (χ2n) is 4.17. The monoisotopic (exact) mass is 267 g/mol. The third kappa shape index (κ3) is 3.40. The minimum Gasteiger partial charge on any atom is -0.406 e. The molecule has 0 unspecified atom stereocenters. The maximum Gasteiger partial charge on any atom is 0.573 e. The highest BCUT2D eigenvalue weighted by atomic mass is 19.4. The van der Waals surface area contributed by atoms with Gasteiger partial charge >= 0.3 is 6.36 Å². The number of anilines is 1. The number of alkyl halides is 3. The van der Waals surface area contributed by atoms with Crippen LogP contribution in [0.4, 0.5) is 18.9 Å². The van der Waals surface area contributed by atoms with Crippen LogP contribution in [0.5, 0.6) is 5.75 Å². The summed E-state index contributed by atoms with van der Waals surface area (Å²) in [5.41, 5.74) is 8.60. The molecular formula is C14H12F3NO. The Morgan fingerprint density at radius 1 is 1.05 bits per heavy atom. The van der Waals surface area contributed by atoms with E-state index < -0.39 is 6.36 Å². The fourth-order valence-corrected chi connectivity index (χ4v) is 1.78. The molecule has 0 fully saturated rings. The molecule has 5 heteroatoms. The van der Waals surface area contributed by atoms with E-state index in [0.29, 0.717) is 16.8 Å². The predicted octanol–water partition coefficient (Wildman–Crippen LogP) is 4.14. The average molecular weight is 267 g/mol. The smallest absolute Gasteiger partial charge is 0.406 e. The van der Waals surface area contributed by atoms with E-state index in [-0.39, 0.29) is 5.75 Å². The van der Waals surface area contributed by atoms with Crippen molar-refractivity contribution >= 4 is 5.69 Å². The first-order chi connectivity index (χ1) is 8.85. The highest BCUT2D eigenvalue weighted by molar-refractivity contribution is 5.77. The van der Waals surface area contributed by atoms with E-state index >= 15 is 0 Å². The van der Waals surface area contributed by atoms with Crippen molar-refractivity contribution in [1.29, 1.82) is 0 Å². The lowest BCUT2D eigenvalue weighted by Gasteiger charge is -2.11. The number of hydrogen-bond acceptors (Lipinski definition) is 2. The summed E-state index contributed by atoms with van der Waals surface area (Å²) in [6.45, 7) is 1.89. The van der Waals surface area contributed by atoms with Crippen LogP contribution in [-0.2, 0) is 0 Å². The molecule has 100 valence electrons. The standard InChI is InChI=1S/C14H12F3NO/c1-9-5-6-13(18)12(7-9)10-3-2-4-11(8-10)19-14(15,16)17/h2-8H,18H2,1H3. The van der Waals surface area contributed by atoms with Crippen molar-refractivity contribution < 1.29 is 17.9 Å². The molecule has 0 spiro atoms. The van der Waals surface area contributed by atoms with Gasteiger partial charge in [-0.15, -0.1) is 13.2 Å². The lowest BCUT2D eigenvalue weighted by atomic mass is 10.0. The van der Waals surface area contributed by atoms with E-state index in [1.807, 2.05) is 19.1 Å². The van der Waals surface area contributed by atoms with Crippen LogP contribution in [0, 0.1) is 6.92 Å². The molecule has 0 saturated carbocycles. The molecule has 2 N–H and O–H groups in total. The fourth-order valence-electron chi connectivity index (χ4n) is 1.78. The van der Waals surface area contributed by atoms with Crippen molar-refractivity contribution in [3.8, 4) is 16.9 Å². The van der Waals surface area contributed by atoms with E-state index in [1.54, 1.807) is 12.1 Å². The maximum atomic E-state index is 12.2. The SMILES string of the molecule is Cc1ccc(N)c(-c2cccc(OC(F)(F)F)c2)c1. The highest BCUT2D eigenvalue weighted by Crippen LogP contribution is 2.31. The largest absolute Gasteiger partial charge is 0.573 e. The molecule has 2 aromatic carbocycles. The van der Waals surface area contributed by atoms with Gasteiger partial charge in [-0.3, -0.25) is 0 Å². The van der Waals surface area contributed by atoms with Crippen molar-refractivity contribution in [3.63, 3.8) is 0 Å². The Morgan fingerprint density at radius 3 is 2.47 bits per heavy atom. The van der Waals surface area contributed by atoms with Crippen molar-refractivity contribution in [3.05, 3.63) is 48.0 Å². The molecule has 0 radical (unpaired) electrons. The second-order valence-corrected chi connectivity index (χ2v) is 4.17. The second kappa shape index (κ2) is 4.84. The summed E-state index contributed by atoms with van der Waals surface area (Å²) in [5.74, 6) is -0.258. The summed E-state index contributed by atoms with van der Waals surface area (Å²) in [6, 6.07) is 11.1. The Hall–Kier alpha value is -2.17. The molecule has 2 rings (SSSR count). The van der Waals surface area contributed by atoms with Gasteiger partial charge in [0.25, 0.3) is 0 Å². The Morgan fingerprint density at radius 2 is 1.79 bits per heavy atom. The molecule has 2 nitrogen and oxygen atoms in total. The van der Waals surface area contributed by atoms with Crippen LogP contribution in [0.1, 0.15) is 5.56 Å². The lowest BCUT2D eigenvalue weighted by Crippen LogP contribution is -2.17. The van der Waals surface area contributed by atoms with Crippen LogP contribution < -0.4 is 10.5 Å². The van der Waals surface area contributed by atoms with Crippen LogP contribution >= 0.6 is 0 Å². The number of hydrogen-bond donors (Lipinski definition) is 1. The van der Waals surface area contributed by atoms with Crippen LogP contribution in [0.25, 0.3) is 11.1 Å².